The van der Waals surface area contributed by atoms with Gasteiger partial charge in [-0.05, 0) is 407 Å². The van der Waals surface area contributed by atoms with Gasteiger partial charge in [0.05, 0.1) is 5.41 Å². The maximum absolute atomic E-state index is 3.89. The molecule has 0 aliphatic heterocycles. The van der Waals surface area contributed by atoms with Gasteiger partial charge in [-0.15, -0.1) is 26.3 Å². The number of aryl methyl sites for hydroxylation is 21. The topological polar surface area (TPSA) is 0 Å². The zero-order chi connectivity index (χ0) is 95.8. The highest BCUT2D eigenvalue weighted by Gasteiger charge is 2.49. The minimum atomic E-state index is -0.337. The number of rotatable bonds is 37. The molecule has 0 radical (unpaired) electrons. The molecule has 0 saturated carbocycles. The lowest BCUT2D eigenvalue weighted by molar-refractivity contribution is 0.399. The average molecular weight is 1820 g/mol. The quantitative estimate of drug-likeness (QED) is 0.0269. The van der Waals surface area contributed by atoms with Gasteiger partial charge in [0.2, 0.25) is 0 Å². The van der Waals surface area contributed by atoms with E-state index in [9.17, 15) is 0 Å². The zero-order valence-corrected chi connectivity index (χ0v) is 85.3. The van der Waals surface area contributed by atoms with Crippen molar-refractivity contribution < 1.29 is 0 Å². The molecule has 14 aromatic carbocycles. The Morgan fingerprint density at radius 1 is 0.194 bits per heavy atom. The Labute approximate surface area is 835 Å². The first-order chi connectivity index (χ1) is 67.9. The summed E-state index contributed by atoms with van der Waals surface area (Å²) in [7, 11) is 0. The molecule has 8 aliphatic rings. The first-order valence-corrected chi connectivity index (χ1v) is 53.9. The zero-order valence-electron chi connectivity index (χ0n) is 85.3. The van der Waals surface area contributed by atoms with Crippen LogP contribution in [0.25, 0.3) is 44.5 Å². The lowest BCUT2D eigenvalue weighted by Crippen LogP contribution is -2.29. The summed E-state index contributed by atoms with van der Waals surface area (Å²) in [5.74, 6) is 0. The van der Waals surface area contributed by atoms with Gasteiger partial charge in [-0.1, -0.05) is 387 Å². The Balaban J connectivity index is 0.000000119. The Kier molecular flexibility index (Phi) is 29.4. The maximum atomic E-state index is 3.89. The first-order valence-electron chi connectivity index (χ1n) is 53.9. The minimum absolute atomic E-state index is 0.0387. The van der Waals surface area contributed by atoms with Crippen LogP contribution in [0.15, 0.2) is 318 Å². The second kappa shape index (κ2) is 42.6. The van der Waals surface area contributed by atoms with Crippen LogP contribution < -0.4 is 0 Å². The van der Waals surface area contributed by atoms with Crippen molar-refractivity contribution in [2.45, 2.75) is 302 Å². The normalized spacial score (nSPS) is 14.6. The summed E-state index contributed by atoms with van der Waals surface area (Å²) in [6, 6.07) is 105. The van der Waals surface area contributed by atoms with Crippen LogP contribution in [0, 0.1) is 55.4 Å². The lowest BCUT2D eigenvalue weighted by atomic mass is 9.67. The molecule has 0 nitrogen and oxygen atoms in total. The fourth-order valence-corrected chi connectivity index (χ4v) is 25.8. The molecule has 706 valence electrons. The Morgan fingerprint density at radius 2 is 0.446 bits per heavy atom. The van der Waals surface area contributed by atoms with E-state index in [0.717, 1.165) is 38.5 Å². The molecule has 0 bridgehead atoms. The van der Waals surface area contributed by atoms with Gasteiger partial charge < -0.3 is 0 Å². The van der Waals surface area contributed by atoms with E-state index >= 15 is 0 Å². The summed E-state index contributed by atoms with van der Waals surface area (Å²) < 4.78 is 0. The summed E-state index contributed by atoms with van der Waals surface area (Å²) in [6.45, 7) is 33.5. The van der Waals surface area contributed by atoms with Crippen molar-refractivity contribution in [3.05, 3.63) is 496 Å². The molecule has 0 amide bonds. The van der Waals surface area contributed by atoms with Gasteiger partial charge in [0.25, 0.3) is 0 Å². The number of fused-ring (bicyclic) bond motifs is 16. The van der Waals surface area contributed by atoms with Gasteiger partial charge in [0.1, 0.15) is 0 Å². The third-order valence-corrected chi connectivity index (χ3v) is 33.7. The number of allylic oxidation sites excluding steroid dienone is 4. The second-order valence-electron chi connectivity index (χ2n) is 43.3. The number of hydrogen-bond acceptors (Lipinski definition) is 0. The highest BCUT2D eigenvalue weighted by atomic mass is 14.5. The molecule has 0 fully saturated rings. The number of hydrogen-bond donors (Lipinski definition) is 0. The average Bonchev–Trinajstić information content (AvgIpc) is 1.52. The fraction of sp³-hybridized carbons (Fsp3) is 0.338. The molecule has 0 atom stereocenters. The van der Waals surface area contributed by atoms with Crippen LogP contribution in [-0.4, -0.2) is 0 Å². The predicted molar refractivity (Wildman–Crippen MR) is 595 cm³/mol. The molecule has 0 saturated heterocycles. The summed E-state index contributed by atoms with van der Waals surface area (Å²) >= 11 is 0. The van der Waals surface area contributed by atoms with E-state index in [1.54, 1.807) is 66.8 Å². The molecular formula is C139H150. The Hall–Kier alpha value is -12.0. The van der Waals surface area contributed by atoms with Crippen molar-refractivity contribution in [3.63, 3.8) is 0 Å². The van der Waals surface area contributed by atoms with E-state index in [4.69, 9.17) is 0 Å². The van der Waals surface area contributed by atoms with Crippen molar-refractivity contribution in [2.75, 3.05) is 0 Å². The largest absolute Gasteiger partial charge is 0.103 e. The van der Waals surface area contributed by atoms with Crippen LogP contribution in [0.4, 0.5) is 0 Å². The monoisotopic (exact) mass is 1820 g/mol. The Morgan fingerprint density at radius 3 is 0.763 bits per heavy atom. The highest BCUT2D eigenvalue weighted by molar-refractivity contribution is 5.89. The molecule has 0 N–H and O–H groups in total. The van der Waals surface area contributed by atoms with Gasteiger partial charge in [-0.3, -0.25) is 0 Å². The van der Waals surface area contributed by atoms with Crippen molar-refractivity contribution in [1.82, 2.24) is 0 Å². The fourth-order valence-electron chi connectivity index (χ4n) is 25.8. The van der Waals surface area contributed by atoms with Crippen molar-refractivity contribution >= 4 is 0 Å². The molecule has 0 aromatic heterocycles. The second-order valence-corrected chi connectivity index (χ2v) is 43.3. The third-order valence-electron chi connectivity index (χ3n) is 33.7. The van der Waals surface area contributed by atoms with Crippen LogP contribution in [0.5, 0.6) is 0 Å². The van der Waals surface area contributed by atoms with Gasteiger partial charge in [-0.25, -0.2) is 0 Å². The molecular weight excluding hydrogens is 1670 g/mol. The summed E-state index contributed by atoms with van der Waals surface area (Å²) in [4.78, 5) is 0. The standard InChI is InChI=1S/C37H38.C36H36.C35H34.C31H42/c1-25-7-17-33-34-18-8-26(2)22-36(34)37(35(33)21-25,19-3-5-27-9-11-29-13-15-31(29)23-27)20-4-6-28-10-12-30-14-16-32(30)24-28;1-24-7-17-32-33-18-8-25(2)21-35(33)36(34(32)20-24,31-16-15-28-12-14-30(28)23-31)19-5-3-4-6-26-9-10-27-11-13-29(27)22-26;1-5-7-9-27-13-17-29(18-14-27)35(30-19-15-28(16-20-30)10-8-6-2)33-23-25(3)11-21-31(33)32-22-12-26(4)24-34(32)35;1-5-7-9-11-13-15-21-31(22-16-14-12-10-8-6-2)29-23-25(3)17-19-27(29)28-20-18-26(4)24-30(28)31/h7-12,17-18,21-24H,3-6,13-16,19-20H2,1-2H3;7-10,15-18,20-23H,3-6,11-14,19H2,1-2H3;5-6,11-24H,1-2,7-10H2,3-4H3;5-6,17-20,23-24H,1-2,7-16,21-22H2,3-4H3. The van der Waals surface area contributed by atoms with E-state index < -0.39 is 0 Å². The van der Waals surface area contributed by atoms with Crippen molar-refractivity contribution in [1.29, 1.82) is 0 Å². The smallest absolute Gasteiger partial charge is 0.0713 e. The molecule has 0 heterocycles. The van der Waals surface area contributed by atoms with Crippen LogP contribution in [0.3, 0.4) is 0 Å². The van der Waals surface area contributed by atoms with E-state index in [-0.39, 0.29) is 21.7 Å². The number of benzene rings is 14. The minimum Gasteiger partial charge on any atom is -0.103 e. The maximum Gasteiger partial charge on any atom is 0.0713 e. The molecule has 139 heavy (non-hydrogen) atoms. The third kappa shape index (κ3) is 19.5. The summed E-state index contributed by atoms with van der Waals surface area (Å²) in [6.07, 6.45) is 51.2. The van der Waals surface area contributed by atoms with E-state index in [1.165, 1.54) is 342 Å². The van der Waals surface area contributed by atoms with E-state index in [0.29, 0.717) is 0 Å². The number of unbranched alkanes of at least 4 members (excludes halogenated alkanes) is 10. The van der Waals surface area contributed by atoms with Gasteiger partial charge in [0.15, 0.2) is 0 Å². The molecule has 0 spiro atoms. The van der Waals surface area contributed by atoms with E-state index in [1.807, 2.05) is 12.2 Å². The molecule has 0 unspecified atom stereocenters. The predicted octanol–water partition coefficient (Wildman–Crippen LogP) is 36.0. The molecule has 0 heteroatoms. The van der Waals surface area contributed by atoms with Gasteiger partial charge >= 0.3 is 0 Å². The molecule has 14 aromatic rings. The lowest BCUT2D eigenvalue weighted by Gasteiger charge is -2.35. The van der Waals surface area contributed by atoms with E-state index in [2.05, 4.69) is 361 Å². The Bertz CT molecular complexity index is 6500. The van der Waals surface area contributed by atoms with Crippen LogP contribution in [0.2, 0.25) is 0 Å². The summed E-state index contributed by atoms with van der Waals surface area (Å²) in [5.41, 5.74) is 58.6. The van der Waals surface area contributed by atoms with Crippen molar-refractivity contribution in [3.8, 4) is 44.5 Å². The van der Waals surface area contributed by atoms with Crippen LogP contribution in [0.1, 0.15) is 319 Å². The highest BCUT2D eigenvalue weighted by Crippen LogP contribution is 2.61. The van der Waals surface area contributed by atoms with Crippen molar-refractivity contribution in [2.24, 2.45) is 0 Å². The van der Waals surface area contributed by atoms with Gasteiger partial charge in [0, 0.05) is 16.2 Å². The summed E-state index contributed by atoms with van der Waals surface area (Å²) in [5, 5.41) is 0. The first kappa shape index (κ1) is 95.9. The SMILES string of the molecule is C=CCCCCCCC1(CCCCCCC=C)c2cc(C)ccc2-c2ccc(C)cc21.C=CCCc1ccc(C2(c3ccc(CCC=C)cc3)c3cc(C)ccc3-c3ccc(C)cc32)cc1.Cc1ccc2c(c1)C(CCCCCc1ccc3c(c1)CC3)(c1ccc3c(c1)CC3)c1cc(C)ccc1-2.Cc1ccc2c(c1)C(CCCc1ccc3c(c1)CC3)(CCCc1ccc3c(c1)CC3)c1cc(C)ccc1-2. The molecule has 22 rings (SSSR count). The van der Waals surface area contributed by atoms with Crippen LogP contribution in [-0.2, 0) is 105 Å². The van der Waals surface area contributed by atoms with Gasteiger partial charge in [-0.2, -0.15) is 0 Å². The van der Waals surface area contributed by atoms with Crippen LogP contribution >= 0.6 is 0 Å². The molecule has 8 aliphatic carbocycles.